The lowest BCUT2D eigenvalue weighted by atomic mass is 10.1. The Morgan fingerprint density at radius 2 is 1.96 bits per heavy atom. The van der Waals surface area contributed by atoms with Gasteiger partial charge in [-0.15, -0.1) is 11.8 Å². The molecule has 1 unspecified atom stereocenters. The lowest BCUT2D eigenvalue weighted by Gasteiger charge is -2.26. The van der Waals surface area contributed by atoms with Crippen LogP contribution in [0.15, 0.2) is 53.4 Å². The Labute approximate surface area is 168 Å². The summed E-state index contributed by atoms with van der Waals surface area (Å²) in [6.45, 7) is 0.803. The van der Waals surface area contributed by atoms with Crippen molar-refractivity contribution in [2.75, 3.05) is 17.7 Å². The van der Waals surface area contributed by atoms with E-state index in [1.165, 1.54) is 12.1 Å². The summed E-state index contributed by atoms with van der Waals surface area (Å²) >= 11 is 1.65. The number of benzene rings is 2. The van der Waals surface area contributed by atoms with Gasteiger partial charge in [0.1, 0.15) is 5.82 Å². The predicted octanol–water partition coefficient (Wildman–Crippen LogP) is 4.09. The fourth-order valence-corrected chi connectivity index (χ4v) is 4.13. The molecule has 2 aromatic rings. The zero-order chi connectivity index (χ0) is 19.7. The van der Waals surface area contributed by atoms with E-state index in [0.717, 1.165) is 29.0 Å². The van der Waals surface area contributed by atoms with Gasteiger partial charge in [0.05, 0.1) is 5.92 Å². The minimum absolute atomic E-state index is 0.00310. The highest BCUT2D eigenvalue weighted by molar-refractivity contribution is 7.98. The normalized spacial score (nSPS) is 19.1. The van der Waals surface area contributed by atoms with E-state index in [2.05, 4.69) is 0 Å². The Balaban J connectivity index is 1.47. The van der Waals surface area contributed by atoms with Crippen molar-refractivity contribution in [1.82, 2.24) is 4.90 Å². The standard InChI is InChI=1S/C22H23FN2O2S/c1-28-20-9-7-18(8-10-20)24-14-16(12-21(24)26)22(27)25(19-5-6-19)13-15-3-2-4-17(23)11-15/h2-4,7-11,16,19H,5-6,12-14H2,1H3. The van der Waals surface area contributed by atoms with Gasteiger partial charge in [-0.1, -0.05) is 12.1 Å². The third-order valence-corrected chi connectivity index (χ3v) is 6.11. The van der Waals surface area contributed by atoms with Crippen molar-refractivity contribution >= 4 is 29.3 Å². The molecule has 0 spiro atoms. The number of hydrogen-bond donors (Lipinski definition) is 0. The second-order valence-corrected chi connectivity index (χ2v) is 8.31. The van der Waals surface area contributed by atoms with Gasteiger partial charge < -0.3 is 9.80 Å². The van der Waals surface area contributed by atoms with Crippen molar-refractivity contribution in [3.63, 3.8) is 0 Å². The fourth-order valence-electron chi connectivity index (χ4n) is 3.72. The highest BCUT2D eigenvalue weighted by Gasteiger charge is 2.41. The summed E-state index contributed by atoms with van der Waals surface area (Å²) in [5.41, 5.74) is 1.62. The third-order valence-electron chi connectivity index (χ3n) is 5.37. The molecule has 1 saturated heterocycles. The van der Waals surface area contributed by atoms with Crippen LogP contribution in [-0.2, 0) is 16.1 Å². The quantitative estimate of drug-likeness (QED) is 0.688. The van der Waals surface area contributed by atoms with Gasteiger partial charge in [0.25, 0.3) is 0 Å². The number of hydrogen-bond acceptors (Lipinski definition) is 3. The van der Waals surface area contributed by atoms with Gasteiger partial charge in [-0.2, -0.15) is 0 Å². The molecule has 1 atom stereocenters. The molecule has 4 nitrogen and oxygen atoms in total. The third kappa shape index (κ3) is 4.07. The first-order valence-electron chi connectivity index (χ1n) is 9.54. The average molecular weight is 399 g/mol. The number of anilines is 1. The Hall–Kier alpha value is -2.34. The summed E-state index contributed by atoms with van der Waals surface area (Å²) in [7, 11) is 0. The second kappa shape index (κ2) is 7.95. The highest BCUT2D eigenvalue weighted by Crippen LogP contribution is 2.33. The first kappa shape index (κ1) is 19.0. The van der Waals surface area contributed by atoms with Crippen LogP contribution < -0.4 is 4.90 Å². The largest absolute Gasteiger partial charge is 0.335 e. The Kier molecular flexibility index (Phi) is 5.40. The molecule has 2 fully saturated rings. The van der Waals surface area contributed by atoms with Crippen molar-refractivity contribution in [3.05, 3.63) is 59.9 Å². The van der Waals surface area contributed by atoms with E-state index in [0.29, 0.717) is 13.1 Å². The number of halogens is 1. The molecule has 6 heteroatoms. The van der Waals surface area contributed by atoms with Crippen molar-refractivity contribution < 1.29 is 14.0 Å². The van der Waals surface area contributed by atoms with Crippen LogP contribution in [-0.4, -0.2) is 35.6 Å². The molecular formula is C22H23FN2O2S. The van der Waals surface area contributed by atoms with Crippen molar-refractivity contribution in [2.24, 2.45) is 5.92 Å². The van der Waals surface area contributed by atoms with Crippen LogP contribution in [0.5, 0.6) is 0 Å². The number of rotatable bonds is 6. The maximum absolute atomic E-state index is 13.5. The molecule has 2 amide bonds. The molecule has 0 aromatic heterocycles. The van der Waals surface area contributed by atoms with Crippen LogP contribution in [0, 0.1) is 11.7 Å². The van der Waals surface area contributed by atoms with Crippen molar-refractivity contribution in [1.29, 1.82) is 0 Å². The van der Waals surface area contributed by atoms with Crippen LogP contribution >= 0.6 is 11.8 Å². The first-order chi connectivity index (χ1) is 13.5. The number of amides is 2. The minimum atomic E-state index is -0.345. The summed E-state index contributed by atoms with van der Waals surface area (Å²) in [4.78, 5) is 30.4. The summed E-state index contributed by atoms with van der Waals surface area (Å²) in [6, 6.07) is 14.4. The molecule has 28 heavy (non-hydrogen) atoms. The molecule has 2 aliphatic rings. The molecule has 4 rings (SSSR count). The van der Waals surface area contributed by atoms with Gasteiger partial charge in [-0.05, 0) is 61.1 Å². The SMILES string of the molecule is CSc1ccc(N2CC(C(=O)N(Cc3cccc(F)c3)C3CC3)CC2=O)cc1. The van der Waals surface area contributed by atoms with E-state index in [4.69, 9.17) is 0 Å². The molecule has 0 bridgehead atoms. The summed E-state index contributed by atoms with van der Waals surface area (Å²) in [5, 5.41) is 0. The molecular weight excluding hydrogens is 375 g/mol. The molecule has 1 aliphatic heterocycles. The number of carbonyl (C=O) groups excluding carboxylic acids is 2. The summed E-state index contributed by atoms with van der Waals surface area (Å²) in [5.74, 6) is -0.654. The number of nitrogens with zero attached hydrogens (tertiary/aromatic N) is 2. The molecule has 0 N–H and O–H groups in total. The van der Waals surface area contributed by atoms with E-state index in [9.17, 15) is 14.0 Å². The fraction of sp³-hybridized carbons (Fsp3) is 0.364. The van der Waals surface area contributed by atoms with Crippen LogP contribution in [0.3, 0.4) is 0 Å². The molecule has 2 aromatic carbocycles. The lowest BCUT2D eigenvalue weighted by molar-refractivity contribution is -0.137. The topological polar surface area (TPSA) is 40.6 Å². The van der Waals surface area contributed by atoms with Gasteiger partial charge in [0.2, 0.25) is 11.8 Å². The smallest absolute Gasteiger partial charge is 0.228 e. The van der Waals surface area contributed by atoms with E-state index in [1.807, 2.05) is 41.5 Å². The number of carbonyl (C=O) groups is 2. The number of thioether (sulfide) groups is 1. The molecule has 1 aliphatic carbocycles. The molecule has 1 saturated carbocycles. The van der Waals surface area contributed by atoms with E-state index >= 15 is 0 Å². The van der Waals surface area contributed by atoms with Gasteiger partial charge >= 0.3 is 0 Å². The summed E-state index contributed by atoms with van der Waals surface area (Å²) in [6.07, 6.45) is 4.19. The van der Waals surface area contributed by atoms with Crippen LogP contribution in [0.25, 0.3) is 0 Å². The molecule has 1 heterocycles. The Bertz CT molecular complexity index is 882. The summed E-state index contributed by atoms with van der Waals surface area (Å²) < 4.78 is 13.5. The zero-order valence-electron chi connectivity index (χ0n) is 15.8. The monoisotopic (exact) mass is 398 g/mol. The van der Waals surface area contributed by atoms with Crippen molar-refractivity contribution in [3.8, 4) is 0 Å². The van der Waals surface area contributed by atoms with E-state index < -0.39 is 0 Å². The predicted molar refractivity (Wildman–Crippen MR) is 109 cm³/mol. The van der Waals surface area contributed by atoms with Crippen molar-refractivity contribution in [2.45, 2.75) is 36.7 Å². The van der Waals surface area contributed by atoms with E-state index in [-0.39, 0.29) is 36.0 Å². The van der Waals surface area contributed by atoms with Crippen LogP contribution in [0.2, 0.25) is 0 Å². The van der Waals surface area contributed by atoms with Gasteiger partial charge in [0.15, 0.2) is 0 Å². The van der Waals surface area contributed by atoms with E-state index in [1.54, 1.807) is 22.7 Å². The van der Waals surface area contributed by atoms with Gasteiger partial charge in [0, 0.05) is 36.1 Å². The second-order valence-electron chi connectivity index (χ2n) is 7.43. The van der Waals surface area contributed by atoms with Crippen LogP contribution in [0.4, 0.5) is 10.1 Å². The minimum Gasteiger partial charge on any atom is -0.335 e. The molecule has 146 valence electrons. The van der Waals surface area contributed by atoms with Gasteiger partial charge in [-0.3, -0.25) is 9.59 Å². The molecule has 0 radical (unpaired) electrons. The maximum Gasteiger partial charge on any atom is 0.228 e. The highest BCUT2D eigenvalue weighted by atomic mass is 32.2. The Morgan fingerprint density at radius 1 is 1.21 bits per heavy atom. The van der Waals surface area contributed by atoms with Gasteiger partial charge in [-0.25, -0.2) is 4.39 Å². The zero-order valence-corrected chi connectivity index (χ0v) is 16.6. The van der Waals surface area contributed by atoms with Crippen LogP contribution in [0.1, 0.15) is 24.8 Å². The first-order valence-corrected chi connectivity index (χ1v) is 10.8. The lowest BCUT2D eigenvalue weighted by Crippen LogP contribution is -2.38. The maximum atomic E-state index is 13.5. The Morgan fingerprint density at radius 3 is 2.61 bits per heavy atom. The average Bonchev–Trinajstić information content (AvgIpc) is 3.47.